The Morgan fingerprint density at radius 3 is 1.20 bits per heavy atom. The number of carboxylic acids is 2. The van der Waals surface area contributed by atoms with Gasteiger partial charge in [0.2, 0.25) is 0 Å². The van der Waals surface area contributed by atoms with Crippen molar-refractivity contribution in [1.82, 2.24) is 0 Å². The fraction of sp³-hybridized carbons (Fsp3) is 0.944. The zero-order chi connectivity index (χ0) is 30.7. The first kappa shape index (κ1) is 48.2. The molecule has 1 aliphatic rings. The van der Waals surface area contributed by atoms with E-state index in [0.29, 0.717) is 12.8 Å². The summed E-state index contributed by atoms with van der Waals surface area (Å²) in [7, 11) is 0. The number of hydrogen-bond donors (Lipinski definition) is 0. The number of carboxylic acid groups (broad SMARTS) is 2. The SMILES string of the molecule is CCCCCCCCCCCCCCC[C@@H]1O[C@](CCCCCCCCCCCCCCC)(CC(=O)[O-])O[C@@H]1C(=O)[O-].[K+].[K+]. The van der Waals surface area contributed by atoms with Crippen molar-refractivity contribution in [2.75, 3.05) is 0 Å². The van der Waals surface area contributed by atoms with Crippen molar-refractivity contribution < 1.29 is 132 Å². The maximum atomic E-state index is 11.8. The molecule has 0 aliphatic carbocycles. The van der Waals surface area contributed by atoms with Crippen molar-refractivity contribution in [2.24, 2.45) is 0 Å². The first-order valence-electron chi connectivity index (χ1n) is 18.2. The summed E-state index contributed by atoms with van der Waals surface area (Å²) in [6, 6.07) is 0. The molecule has 0 bridgehead atoms. The summed E-state index contributed by atoms with van der Waals surface area (Å²) in [6.45, 7) is 4.50. The molecule has 1 saturated heterocycles. The van der Waals surface area contributed by atoms with Crippen molar-refractivity contribution in [1.29, 1.82) is 0 Å². The number of unbranched alkanes of at least 4 members (excludes halogenated alkanes) is 24. The molecular weight excluding hydrogens is 607 g/mol. The summed E-state index contributed by atoms with van der Waals surface area (Å²) in [5.74, 6) is -4.01. The van der Waals surface area contributed by atoms with Gasteiger partial charge in [0.15, 0.2) is 5.79 Å². The fourth-order valence-corrected chi connectivity index (χ4v) is 6.37. The van der Waals surface area contributed by atoms with E-state index in [1.807, 2.05) is 0 Å². The van der Waals surface area contributed by atoms with Crippen LogP contribution in [-0.4, -0.2) is 29.9 Å². The van der Waals surface area contributed by atoms with E-state index in [1.165, 1.54) is 128 Å². The maximum absolute atomic E-state index is 11.8. The van der Waals surface area contributed by atoms with Gasteiger partial charge < -0.3 is 29.3 Å². The van der Waals surface area contributed by atoms with Gasteiger partial charge in [0, 0.05) is 18.8 Å². The van der Waals surface area contributed by atoms with Crippen LogP contribution >= 0.6 is 0 Å². The Labute approximate surface area is 356 Å². The third-order valence-corrected chi connectivity index (χ3v) is 8.94. The zero-order valence-corrected chi connectivity index (χ0v) is 35.9. The number of carbonyl (C=O) groups excluding carboxylic acids is 2. The molecule has 6 nitrogen and oxygen atoms in total. The van der Waals surface area contributed by atoms with E-state index < -0.39 is 36.4 Å². The molecule has 0 amide bonds. The van der Waals surface area contributed by atoms with E-state index in [0.717, 1.165) is 38.5 Å². The van der Waals surface area contributed by atoms with Crippen molar-refractivity contribution in [2.45, 2.75) is 218 Å². The third kappa shape index (κ3) is 26.1. The second kappa shape index (κ2) is 33.6. The van der Waals surface area contributed by atoms with Crippen molar-refractivity contribution >= 4 is 11.9 Å². The number of rotatable bonds is 31. The molecule has 1 aliphatic heterocycles. The van der Waals surface area contributed by atoms with Crippen LogP contribution in [0.3, 0.4) is 0 Å². The van der Waals surface area contributed by atoms with E-state index in [2.05, 4.69) is 13.8 Å². The van der Waals surface area contributed by atoms with Crippen LogP contribution in [0.4, 0.5) is 0 Å². The minimum atomic E-state index is -1.41. The van der Waals surface area contributed by atoms with Crippen LogP contribution in [0.1, 0.15) is 200 Å². The fourth-order valence-electron chi connectivity index (χ4n) is 6.37. The van der Waals surface area contributed by atoms with Gasteiger partial charge in [0.25, 0.3) is 0 Å². The molecular formula is C36H66K2O6. The van der Waals surface area contributed by atoms with Crippen molar-refractivity contribution in [3.8, 4) is 0 Å². The van der Waals surface area contributed by atoms with Crippen LogP contribution in [0.25, 0.3) is 0 Å². The summed E-state index contributed by atoms with van der Waals surface area (Å²) in [6.07, 6.45) is 30.7. The Balaban J connectivity index is 0. The Bertz CT molecular complexity index is 665. The van der Waals surface area contributed by atoms with E-state index >= 15 is 0 Å². The van der Waals surface area contributed by atoms with Crippen LogP contribution in [0.15, 0.2) is 0 Å². The van der Waals surface area contributed by atoms with E-state index in [4.69, 9.17) is 9.47 Å². The Morgan fingerprint density at radius 2 is 0.864 bits per heavy atom. The molecule has 1 fully saturated rings. The van der Waals surface area contributed by atoms with Gasteiger partial charge in [-0.15, -0.1) is 0 Å². The van der Waals surface area contributed by atoms with E-state index in [9.17, 15) is 19.8 Å². The monoisotopic (exact) mass is 672 g/mol. The van der Waals surface area contributed by atoms with Crippen LogP contribution in [0.5, 0.6) is 0 Å². The van der Waals surface area contributed by atoms with Crippen LogP contribution in [0.2, 0.25) is 0 Å². The second-order valence-corrected chi connectivity index (χ2v) is 13.0. The van der Waals surface area contributed by atoms with Crippen LogP contribution in [-0.2, 0) is 19.1 Å². The molecule has 8 heteroatoms. The molecule has 0 N–H and O–H groups in total. The first-order valence-corrected chi connectivity index (χ1v) is 18.2. The van der Waals surface area contributed by atoms with Crippen molar-refractivity contribution in [3.63, 3.8) is 0 Å². The summed E-state index contributed by atoms with van der Waals surface area (Å²) in [5.41, 5.74) is 0. The minimum Gasteiger partial charge on any atom is -0.550 e. The van der Waals surface area contributed by atoms with Crippen molar-refractivity contribution in [3.05, 3.63) is 0 Å². The zero-order valence-electron chi connectivity index (χ0n) is 29.6. The summed E-state index contributed by atoms with van der Waals surface area (Å²) in [5, 5.41) is 23.4. The molecule has 0 radical (unpaired) electrons. The predicted molar refractivity (Wildman–Crippen MR) is 168 cm³/mol. The van der Waals surface area contributed by atoms with Crippen LogP contribution < -0.4 is 113 Å². The predicted octanol–water partition coefficient (Wildman–Crippen LogP) is 2.33. The number of ether oxygens (including phenoxy) is 2. The van der Waals surface area contributed by atoms with Gasteiger partial charge in [-0.05, 0) is 12.8 Å². The molecule has 248 valence electrons. The molecule has 44 heavy (non-hydrogen) atoms. The molecule has 0 unspecified atom stereocenters. The molecule has 3 atom stereocenters. The second-order valence-electron chi connectivity index (χ2n) is 13.0. The average molecular weight is 673 g/mol. The minimum absolute atomic E-state index is 0. The first-order chi connectivity index (χ1) is 20.4. The summed E-state index contributed by atoms with van der Waals surface area (Å²) < 4.78 is 11.9. The van der Waals surface area contributed by atoms with Gasteiger partial charge in [0.1, 0.15) is 6.10 Å². The largest absolute Gasteiger partial charge is 1.00 e. The van der Waals surface area contributed by atoms with Gasteiger partial charge in [-0.25, -0.2) is 0 Å². The average Bonchev–Trinajstić information content (AvgIpc) is 3.31. The summed E-state index contributed by atoms with van der Waals surface area (Å²) in [4.78, 5) is 23.4. The number of aliphatic carboxylic acids is 2. The third-order valence-electron chi connectivity index (χ3n) is 8.94. The normalized spacial score (nSPS) is 19.4. The molecule has 1 rings (SSSR count). The van der Waals surface area contributed by atoms with Gasteiger partial charge in [-0.2, -0.15) is 0 Å². The van der Waals surface area contributed by atoms with Gasteiger partial charge in [-0.3, -0.25) is 0 Å². The number of hydrogen-bond acceptors (Lipinski definition) is 6. The maximum Gasteiger partial charge on any atom is 1.00 e. The Hall–Kier alpha value is 2.13. The molecule has 0 spiro atoms. The molecule has 0 aromatic heterocycles. The standard InChI is InChI=1S/C36H68O6.2K/c1-3-5-7-9-11-13-15-17-19-21-23-25-27-29-32-34(35(39)40)42-36(41-32,31-33(37)38)30-28-26-24-22-20-18-16-14-12-10-8-6-4-2;;/h32,34H,3-31H2,1-2H3,(H,37,38)(H,39,40);;/q;2*+1/p-2/t32-,34-,36-;;/m0../s1. The molecule has 0 aromatic rings. The Kier molecular flexibility index (Phi) is 36.9. The van der Waals surface area contributed by atoms with E-state index in [1.54, 1.807) is 0 Å². The van der Waals surface area contributed by atoms with Gasteiger partial charge >= 0.3 is 103 Å². The topological polar surface area (TPSA) is 98.7 Å². The smallest absolute Gasteiger partial charge is 0.550 e. The van der Waals surface area contributed by atoms with Gasteiger partial charge in [-0.1, -0.05) is 174 Å². The number of carbonyl (C=O) groups is 2. The van der Waals surface area contributed by atoms with Gasteiger partial charge in [0.05, 0.1) is 12.1 Å². The van der Waals surface area contributed by atoms with Crippen LogP contribution in [0, 0.1) is 0 Å². The molecule has 0 aromatic carbocycles. The van der Waals surface area contributed by atoms with E-state index in [-0.39, 0.29) is 103 Å². The quantitative estimate of drug-likeness (QED) is 0.0829. The Morgan fingerprint density at radius 1 is 0.523 bits per heavy atom. The molecule has 0 saturated carbocycles. The molecule has 1 heterocycles. The summed E-state index contributed by atoms with van der Waals surface area (Å²) >= 11 is 0.